The van der Waals surface area contributed by atoms with E-state index in [0.29, 0.717) is 6.04 Å². The Morgan fingerprint density at radius 2 is 1.88 bits per heavy atom. The second-order valence-corrected chi connectivity index (χ2v) is 5.01. The molecule has 0 aliphatic rings. The molecular formula is C16H25N. The molecule has 1 heteroatoms. The lowest BCUT2D eigenvalue weighted by Crippen LogP contribution is -2.29. The van der Waals surface area contributed by atoms with Crippen LogP contribution in [0.1, 0.15) is 44.4 Å². The van der Waals surface area contributed by atoms with Gasteiger partial charge in [-0.15, -0.1) is 0 Å². The fourth-order valence-corrected chi connectivity index (χ4v) is 2.10. The number of rotatable bonds is 6. The van der Waals surface area contributed by atoms with Gasteiger partial charge in [-0.3, -0.25) is 4.90 Å². The summed E-state index contributed by atoms with van der Waals surface area (Å²) in [6, 6.07) is 9.32. The predicted molar refractivity (Wildman–Crippen MR) is 76.3 cm³/mol. The lowest BCUT2D eigenvalue weighted by Gasteiger charge is -2.29. The summed E-state index contributed by atoms with van der Waals surface area (Å²) in [6.45, 7) is 14.9. The van der Waals surface area contributed by atoms with Crippen molar-refractivity contribution in [1.82, 2.24) is 4.90 Å². The molecule has 94 valence electrons. The molecule has 0 heterocycles. The molecule has 0 amide bonds. The summed E-state index contributed by atoms with van der Waals surface area (Å²) >= 11 is 0. The van der Waals surface area contributed by atoms with E-state index in [1.165, 1.54) is 23.1 Å². The van der Waals surface area contributed by atoms with Crippen molar-refractivity contribution in [2.24, 2.45) is 0 Å². The van der Waals surface area contributed by atoms with Crippen LogP contribution in [0.5, 0.6) is 0 Å². The Kier molecular flexibility index (Phi) is 5.43. The molecule has 1 aromatic carbocycles. The van der Waals surface area contributed by atoms with Crippen molar-refractivity contribution in [2.45, 2.75) is 40.2 Å². The Morgan fingerprint density at radius 3 is 2.35 bits per heavy atom. The highest BCUT2D eigenvalue weighted by Crippen LogP contribution is 2.21. The molecule has 1 atom stereocenters. The molecule has 0 saturated heterocycles. The normalized spacial score (nSPS) is 12.8. The van der Waals surface area contributed by atoms with Gasteiger partial charge < -0.3 is 0 Å². The molecule has 1 rings (SSSR count). The average molecular weight is 231 g/mol. The number of hydrogen-bond donors (Lipinski definition) is 0. The van der Waals surface area contributed by atoms with Gasteiger partial charge in [-0.05, 0) is 39.3 Å². The molecule has 1 aromatic rings. The first-order chi connectivity index (χ1) is 8.04. The molecule has 1 unspecified atom stereocenters. The van der Waals surface area contributed by atoms with Crippen molar-refractivity contribution in [3.05, 3.63) is 47.5 Å². The van der Waals surface area contributed by atoms with Crippen LogP contribution in [0.3, 0.4) is 0 Å². The Labute approximate surface area is 106 Å². The zero-order valence-electron chi connectivity index (χ0n) is 11.7. The SMILES string of the molecule is C=C(C)CN(CCC)C(C)c1ccc(C)cc1. The van der Waals surface area contributed by atoms with Crippen LogP contribution in [0.2, 0.25) is 0 Å². The van der Waals surface area contributed by atoms with Crippen molar-refractivity contribution in [3.8, 4) is 0 Å². The number of benzene rings is 1. The summed E-state index contributed by atoms with van der Waals surface area (Å²) in [5.74, 6) is 0. The van der Waals surface area contributed by atoms with Crippen molar-refractivity contribution >= 4 is 0 Å². The average Bonchev–Trinajstić information content (AvgIpc) is 2.28. The van der Waals surface area contributed by atoms with Gasteiger partial charge in [0, 0.05) is 12.6 Å². The maximum Gasteiger partial charge on any atom is 0.0323 e. The van der Waals surface area contributed by atoms with E-state index in [1.807, 2.05) is 0 Å². The van der Waals surface area contributed by atoms with Gasteiger partial charge in [0.05, 0.1) is 0 Å². The van der Waals surface area contributed by atoms with Crippen molar-refractivity contribution in [3.63, 3.8) is 0 Å². The second kappa shape index (κ2) is 6.61. The van der Waals surface area contributed by atoms with E-state index in [0.717, 1.165) is 13.1 Å². The highest BCUT2D eigenvalue weighted by molar-refractivity contribution is 5.24. The molecule has 0 spiro atoms. The highest BCUT2D eigenvalue weighted by Gasteiger charge is 2.14. The minimum atomic E-state index is 0.465. The lowest BCUT2D eigenvalue weighted by molar-refractivity contribution is 0.229. The van der Waals surface area contributed by atoms with Crippen LogP contribution in [0.15, 0.2) is 36.4 Å². The largest absolute Gasteiger partial charge is 0.293 e. The quantitative estimate of drug-likeness (QED) is 0.658. The van der Waals surface area contributed by atoms with E-state index >= 15 is 0 Å². The van der Waals surface area contributed by atoms with Gasteiger partial charge >= 0.3 is 0 Å². The fourth-order valence-electron chi connectivity index (χ4n) is 2.10. The third kappa shape index (κ3) is 4.35. The van der Waals surface area contributed by atoms with E-state index in [-0.39, 0.29) is 0 Å². The van der Waals surface area contributed by atoms with Crippen LogP contribution in [-0.2, 0) is 0 Å². The smallest absolute Gasteiger partial charge is 0.0323 e. The van der Waals surface area contributed by atoms with Gasteiger partial charge in [0.1, 0.15) is 0 Å². The first-order valence-electron chi connectivity index (χ1n) is 6.49. The van der Waals surface area contributed by atoms with Gasteiger partial charge in [0.15, 0.2) is 0 Å². The van der Waals surface area contributed by atoms with Gasteiger partial charge in [-0.1, -0.05) is 48.9 Å². The van der Waals surface area contributed by atoms with Gasteiger partial charge in [-0.25, -0.2) is 0 Å². The Morgan fingerprint density at radius 1 is 1.29 bits per heavy atom. The predicted octanol–water partition coefficient (Wildman–Crippen LogP) is 4.34. The Balaban J connectivity index is 2.79. The van der Waals surface area contributed by atoms with Crippen molar-refractivity contribution in [2.75, 3.05) is 13.1 Å². The van der Waals surface area contributed by atoms with Crippen LogP contribution in [0.25, 0.3) is 0 Å². The molecule has 0 radical (unpaired) electrons. The molecule has 0 saturated carbocycles. The molecule has 0 aliphatic heterocycles. The van der Waals surface area contributed by atoms with E-state index < -0.39 is 0 Å². The zero-order chi connectivity index (χ0) is 12.8. The molecule has 0 bridgehead atoms. The molecule has 0 aliphatic carbocycles. The summed E-state index contributed by atoms with van der Waals surface area (Å²) in [7, 11) is 0. The van der Waals surface area contributed by atoms with E-state index in [9.17, 15) is 0 Å². The summed E-state index contributed by atoms with van der Waals surface area (Å²) in [6.07, 6.45) is 1.18. The first kappa shape index (κ1) is 14.0. The summed E-state index contributed by atoms with van der Waals surface area (Å²) in [4.78, 5) is 2.49. The number of nitrogens with zero attached hydrogens (tertiary/aromatic N) is 1. The van der Waals surface area contributed by atoms with Crippen molar-refractivity contribution < 1.29 is 0 Å². The summed E-state index contributed by atoms with van der Waals surface area (Å²) < 4.78 is 0. The third-order valence-electron chi connectivity index (χ3n) is 3.09. The first-order valence-corrected chi connectivity index (χ1v) is 6.49. The van der Waals surface area contributed by atoms with E-state index in [4.69, 9.17) is 0 Å². The minimum absolute atomic E-state index is 0.465. The molecular weight excluding hydrogens is 206 g/mol. The lowest BCUT2D eigenvalue weighted by atomic mass is 10.0. The van der Waals surface area contributed by atoms with Crippen LogP contribution in [-0.4, -0.2) is 18.0 Å². The Bertz CT molecular complexity index is 350. The van der Waals surface area contributed by atoms with Crippen LogP contribution < -0.4 is 0 Å². The molecule has 0 N–H and O–H groups in total. The van der Waals surface area contributed by atoms with Crippen molar-refractivity contribution in [1.29, 1.82) is 0 Å². The maximum absolute atomic E-state index is 4.03. The number of hydrogen-bond acceptors (Lipinski definition) is 1. The van der Waals surface area contributed by atoms with E-state index in [2.05, 4.69) is 63.4 Å². The van der Waals surface area contributed by atoms with Crippen LogP contribution in [0, 0.1) is 6.92 Å². The topological polar surface area (TPSA) is 3.24 Å². The van der Waals surface area contributed by atoms with Gasteiger partial charge in [0.2, 0.25) is 0 Å². The van der Waals surface area contributed by atoms with Gasteiger partial charge in [-0.2, -0.15) is 0 Å². The number of aryl methyl sites for hydroxylation is 1. The third-order valence-corrected chi connectivity index (χ3v) is 3.09. The van der Waals surface area contributed by atoms with E-state index in [1.54, 1.807) is 0 Å². The molecule has 17 heavy (non-hydrogen) atoms. The molecule has 0 aromatic heterocycles. The molecule has 1 nitrogen and oxygen atoms in total. The van der Waals surface area contributed by atoms with Crippen LogP contribution >= 0.6 is 0 Å². The highest BCUT2D eigenvalue weighted by atomic mass is 15.1. The molecule has 0 fully saturated rings. The fraction of sp³-hybridized carbons (Fsp3) is 0.500. The second-order valence-electron chi connectivity index (χ2n) is 5.01. The zero-order valence-corrected chi connectivity index (χ0v) is 11.7. The monoisotopic (exact) mass is 231 g/mol. The minimum Gasteiger partial charge on any atom is -0.293 e. The summed E-state index contributed by atoms with van der Waals surface area (Å²) in [5.41, 5.74) is 3.95. The maximum atomic E-state index is 4.03. The van der Waals surface area contributed by atoms with Gasteiger partial charge in [0.25, 0.3) is 0 Å². The Hall–Kier alpha value is -1.08. The summed E-state index contributed by atoms with van der Waals surface area (Å²) in [5, 5.41) is 0. The van der Waals surface area contributed by atoms with Crippen LogP contribution in [0.4, 0.5) is 0 Å². The standard InChI is InChI=1S/C16H25N/c1-6-11-17(12-13(2)3)15(5)16-9-7-14(4)8-10-16/h7-10,15H,2,6,11-12H2,1,3-5H3.